The minimum atomic E-state index is -1.31. The minimum Gasteiger partial charge on any atom is -0.478 e. The zero-order valence-corrected chi connectivity index (χ0v) is 9.93. The van der Waals surface area contributed by atoms with E-state index in [9.17, 15) is 9.18 Å². The Labute approximate surface area is 108 Å². The first-order valence-electron chi connectivity index (χ1n) is 5.46. The molecule has 0 aliphatic carbocycles. The lowest BCUT2D eigenvalue weighted by atomic mass is 10.1. The molecule has 0 bridgehead atoms. The van der Waals surface area contributed by atoms with Gasteiger partial charge in [-0.25, -0.2) is 4.79 Å². The van der Waals surface area contributed by atoms with Gasteiger partial charge in [-0.3, -0.25) is 0 Å². The molecule has 0 amide bonds. The summed E-state index contributed by atoms with van der Waals surface area (Å²) in [4.78, 5) is 10.7. The van der Waals surface area contributed by atoms with E-state index in [4.69, 9.17) is 14.3 Å². The maximum atomic E-state index is 13.8. The Hall–Kier alpha value is -2.56. The van der Waals surface area contributed by atoms with Crippen LogP contribution in [0.1, 0.15) is 11.1 Å². The average Bonchev–Trinajstić information content (AvgIpc) is 2.78. The number of hydrogen-bond acceptors (Lipinski definition) is 3. The standard InChI is InChI=1S/C14H11FO4/c1-9(13(16)17)11-8-19-14(12(11)15)18-7-10-5-3-2-4-6-10/h2-6,8H,1,7H2,(H,16,17). The van der Waals surface area contributed by atoms with Gasteiger partial charge < -0.3 is 14.3 Å². The number of carboxylic acid groups (broad SMARTS) is 1. The highest BCUT2D eigenvalue weighted by Crippen LogP contribution is 2.28. The fourth-order valence-electron chi connectivity index (χ4n) is 1.47. The molecular formula is C14H11FO4. The molecule has 0 radical (unpaired) electrons. The molecule has 2 rings (SSSR count). The van der Waals surface area contributed by atoms with E-state index >= 15 is 0 Å². The van der Waals surface area contributed by atoms with Crippen LogP contribution in [0.4, 0.5) is 4.39 Å². The molecule has 19 heavy (non-hydrogen) atoms. The molecule has 0 saturated carbocycles. The molecule has 0 aliphatic heterocycles. The third kappa shape index (κ3) is 2.82. The van der Waals surface area contributed by atoms with Crippen LogP contribution >= 0.6 is 0 Å². The van der Waals surface area contributed by atoms with Crippen LogP contribution in [0.15, 0.2) is 47.6 Å². The van der Waals surface area contributed by atoms with E-state index in [0.29, 0.717) is 0 Å². The summed E-state index contributed by atoms with van der Waals surface area (Å²) < 4.78 is 23.8. The molecule has 4 nitrogen and oxygen atoms in total. The number of carbonyl (C=O) groups is 1. The molecule has 98 valence electrons. The van der Waals surface area contributed by atoms with Crippen molar-refractivity contribution in [1.82, 2.24) is 0 Å². The van der Waals surface area contributed by atoms with Gasteiger partial charge in [-0.2, -0.15) is 4.39 Å². The van der Waals surface area contributed by atoms with Crippen molar-refractivity contribution in [3.63, 3.8) is 0 Å². The number of halogens is 1. The molecule has 1 aromatic heterocycles. The van der Waals surface area contributed by atoms with Gasteiger partial charge >= 0.3 is 11.9 Å². The molecule has 2 aromatic rings. The lowest BCUT2D eigenvalue weighted by Gasteiger charge is -2.02. The highest BCUT2D eigenvalue weighted by molar-refractivity contribution is 6.14. The summed E-state index contributed by atoms with van der Waals surface area (Å²) >= 11 is 0. The third-order valence-electron chi connectivity index (χ3n) is 2.50. The van der Waals surface area contributed by atoms with Gasteiger partial charge in [-0.05, 0) is 5.56 Å². The van der Waals surface area contributed by atoms with Crippen molar-refractivity contribution >= 4 is 11.5 Å². The van der Waals surface area contributed by atoms with Crippen molar-refractivity contribution in [3.05, 3.63) is 60.1 Å². The fraction of sp³-hybridized carbons (Fsp3) is 0.0714. The van der Waals surface area contributed by atoms with Crippen LogP contribution in [0.25, 0.3) is 5.57 Å². The topological polar surface area (TPSA) is 59.7 Å². The van der Waals surface area contributed by atoms with Gasteiger partial charge in [-0.15, -0.1) is 0 Å². The predicted molar refractivity (Wildman–Crippen MR) is 66.1 cm³/mol. The maximum absolute atomic E-state index is 13.8. The van der Waals surface area contributed by atoms with Crippen LogP contribution in [0.2, 0.25) is 0 Å². The average molecular weight is 262 g/mol. The Morgan fingerprint density at radius 2 is 2.05 bits per heavy atom. The lowest BCUT2D eigenvalue weighted by Crippen LogP contribution is -1.99. The van der Waals surface area contributed by atoms with Crippen LogP contribution in [-0.2, 0) is 11.4 Å². The number of aliphatic carboxylic acids is 1. The van der Waals surface area contributed by atoms with Crippen LogP contribution in [-0.4, -0.2) is 11.1 Å². The summed E-state index contributed by atoms with van der Waals surface area (Å²) in [7, 11) is 0. The van der Waals surface area contributed by atoms with Crippen molar-refractivity contribution < 1.29 is 23.4 Å². The predicted octanol–water partition coefficient (Wildman–Crippen LogP) is 3.10. The Morgan fingerprint density at radius 1 is 1.37 bits per heavy atom. The number of furan rings is 1. The van der Waals surface area contributed by atoms with Gasteiger partial charge in [0.15, 0.2) is 0 Å². The Morgan fingerprint density at radius 3 is 2.68 bits per heavy atom. The summed E-state index contributed by atoms with van der Waals surface area (Å²) in [5, 5.41) is 8.73. The molecule has 0 aliphatic rings. The SMILES string of the molecule is C=C(C(=O)O)c1coc(OCc2ccccc2)c1F. The molecule has 0 atom stereocenters. The number of rotatable bonds is 5. The Bertz CT molecular complexity index is 601. The molecule has 1 N–H and O–H groups in total. The first-order chi connectivity index (χ1) is 9.09. The van der Waals surface area contributed by atoms with Gasteiger partial charge in [0, 0.05) is 0 Å². The van der Waals surface area contributed by atoms with Crippen molar-refractivity contribution in [2.45, 2.75) is 6.61 Å². The summed E-state index contributed by atoms with van der Waals surface area (Å²) in [5.41, 5.74) is 0.253. The smallest absolute Gasteiger partial charge is 0.335 e. The second-order valence-corrected chi connectivity index (χ2v) is 3.81. The molecule has 5 heteroatoms. The molecular weight excluding hydrogens is 251 g/mol. The number of hydrogen-bond donors (Lipinski definition) is 1. The summed E-state index contributed by atoms with van der Waals surface area (Å²) in [6, 6.07) is 9.14. The van der Waals surface area contributed by atoms with Crippen LogP contribution < -0.4 is 4.74 Å². The Balaban J connectivity index is 2.10. The number of carboxylic acids is 1. The largest absolute Gasteiger partial charge is 0.478 e. The van der Waals surface area contributed by atoms with E-state index in [-0.39, 0.29) is 23.7 Å². The molecule has 0 fully saturated rings. The third-order valence-corrected chi connectivity index (χ3v) is 2.50. The van der Waals surface area contributed by atoms with E-state index in [1.165, 1.54) is 0 Å². The minimum absolute atomic E-state index is 0.129. The van der Waals surface area contributed by atoms with Crippen molar-refractivity contribution in [1.29, 1.82) is 0 Å². The van der Waals surface area contributed by atoms with Gasteiger partial charge in [-0.1, -0.05) is 36.9 Å². The van der Waals surface area contributed by atoms with Crippen molar-refractivity contribution in [3.8, 4) is 5.95 Å². The summed E-state index contributed by atoms with van der Waals surface area (Å²) in [5.74, 6) is -2.51. The zero-order chi connectivity index (χ0) is 13.8. The first kappa shape index (κ1) is 12.9. The monoisotopic (exact) mass is 262 g/mol. The number of ether oxygens (including phenoxy) is 1. The van der Waals surface area contributed by atoms with Gasteiger partial charge in [0.25, 0.3) is 0 Å². The summed E-state index contributed by atoms with van der Waals surface area (Å²) in [6.07, 6.45) is 0.978. The van der Waals surface area contributed by atoms with E-state index in [1.807, 2.05) is 30.3 Å². The molecule has 0 unspecified atom stereocenters. The second-order valence-electron chi connectivity index (χ2n) is 3.81. The first-order valence-corrected chi connectivity index (χ1v) is 5.46. The molecule has 1 heterocycles. The number of benzene rings is 1. The van der Waals surface area contributed by atoms with E-state index in [2.05, 4.69) is 6.58 Å². The van der Waals surface area contributed by atoms with Gasteiger partial charge in [0.05, 0.1) is 11.1 Å². The van der Waals surface area contributed by atoms with Gasteiger partial charge in [0.2, 0.25) is 5.82 Å². The highest BCUT2D eigenvalue weighted by Gasteiger charge is 2.20. The Kier molecular flexibility index (Phi) is 3.66. The second kappa shape index (κ2) is 5.39. The van der Waals surface area contributed by atoms with Crippen molar-refractivity contribution in [2.75, 3.05) is 0 Å². The zero-order valence-electron chi connectivity index (χ0n) is 9.93. The van der Waals surface area contributed by atoms with Crippen LogP contribution in [0.5, 0.6) is 5.95 Å². The highest BCUT2D eigenvalue weighted by atomic mass is 19.1. The molecule has 1 aromatic carbocycles. The van der Waals surface area contributed by atoms with E-state index < -0.39 is 11.8 Å². The van der Waals surface area contributed by atoms with Gasteiger partial charge in [0.1, 0.15) is 12.9 Å². The fourth-order valence-corrected chi connectivity index (χ4v) is 1.47. The van der Waals surface area contributed by atoms with E-state index in [1.54, 1.807) is 0 Å². The lowest BCUT2D eigenvalue weighted by molar-refractivity contribution is -0.130. The molecule has 0 saturated heterocycles. The van der Waals surface area contributed by atoms with E-state index in [0.717, 1.165) is 11.8 Å². The van der Waals surface area contributed by atoms with Crippen LogP contribution in [0.3, 0.4) is 0 Å². The summed E-state index contributed by atoms with van der Waals surface area (Å²) in [6.45, 7) is 3.39. The maximum Gasteiger partial charge on any atom is 0.335 e. The molecule has 0 spiro atoms. The van der Waals surface area contributed by atoms with Crippen LogP contribution in [0, 0.1) is 5.82 Å². The van der Waals surface area contributed by atoms with Crippen molar-refractivity contribution in [2.24, 2.45) is 0 Å². The quantitative estimate of drug-likeness (QED) is 0.841. The normalized spacial score (nSPS) is 10.2.